The maximum absolute atomic E-state index is 12.8. The molecular formula is C18H21NO5. The van der Waals surface area contributed by atoms with E-state index < -0.39 is 5.92 Å². The van der Waals surface area contributed by atoms with Gasteiger partial charge in [0.15, 0.2) is 11.5 Å². The lowest BCUT2D eigenvalue weighted by atomic mass is 9.65. The minimum atomic E-state index is -0.566. The number of nitrogens with zero attached hydrogens (tertiary/aromatic N) is 1. The first-order chi connectivity index (χ1) is 11.6. The van der Waals surface area contributed by atoms with Gasteiger partial charge in [0.2, 0.25) is 12.7 Å². The summed E-state index contributed by atoms with van der Waals surface area (Å²) in [7, 11) is 1.80. The van der Waals surface area contributed by atoms with Gasteiger partial charge in [-0.1, -0.05) is 0 Å². The number of benzene rings is 1. The van der Waals surface area contributed by atoms with E-state index in [9.17, 15) is 9.59 Å². The summed E-state index contributed by atoms with van der Waals surface area (Å²) < 4.78 is 16.2. The second kappa shape index (κ2) is 5.69. The summed E-state index contributed by atoms with van der Waals surface area (Å²) in [6, 6.07) is 3.82. The maximum Gasteiger partial charge on any atom is 0.314 e. The first-order valence-electron chi connectivity index (χ1n) is 8.44. The van der Waals surface area contributed by atoms with Gasteiger partial charge in [-0.15, -0.1) is 0 Å². The fourth-order valence-corrected chi connectivity index (χ4v) is 4.20. The fraction of sp³-hybridized carbons (Fsp3) is 0.556. The number of carbonyl (C=O) groups is 2. The average Bonchev–Trinajstić information content (AvgIpc) is 3.02. The van der Waals surface area contributed by atoms with Gasteiger partial charge >= 0.3 is 5.97 Å². The fourth-order valence-electron chi connectivity index (χ4n) is 4.20. The molecule has 3 atom stereocenters. The normalized spacial score (nSPS) is 27.5. The topological polar surface area (TPSA) is 65.1 Å². The Labute approximate surface area is 140 Å². The molecule has 0 radical (unpaired) electrons. The van der Waals surface area contributed by atoms with Gasteiger partial charge < -0.3 is 19.1 Å². The zero-order chi connectivity index (χ0) is 16.8. The first-order valence-corrected chi connectivity index (χ1v) is 8.44. The van der Waals surface area contributed by atoms with Crippen molar-refractivity contribution < 1.29 is 23.8 Å². The van der Waals surface area contributed by atoms with E-state index >= 15 is 0 Å². The lowest BCUT2D eigenvalue weighted by Gasteiger charge is -2.43. The van der Waals surface area contributed by atoms with E-state index in [0.29, 0.717) is 18.1 Å². The first kappa shape index (κ1) is 15.3. The van der Waals surface area contributed by atoms with Gasteiger partial charge in [-0.2, -0.15) is 0 Å². The highest BCUT2D eigenvalue weighted by molar-refractivity contribution is 5.90. The van der Waals surface area contributed by atoms with Crippen molar-refractivity contribution in [2.45, 2.75) is 25.7 Å². The van der Waals surface area contributed by atoms with Gasteiger partial charge in [-0.25, -0.2) is 0 Å². The molecule has 1 amide bonds. The van der Waals surface area contributed by atoms with E-state index in [-0.39, 0.29) is 30.5 Å². The van der Waals surface area contributed by atoms with Crippen LogP contribution in [0.2, 0.25) is 0 Å². The molecule has 1 aromatic rings. The van der Waals surface area contributed by atoms with Gasteiger partial charge in [-0.3, -0.25) is 9.59 Å². The molecule has 1 saturated heterocycles. The van der Waals surface area contributed by atoms with E-state index in [4.69, 9.17) is 14.2 Å². The number of hydrogen-bond acceptors (Lipinski definition) is 5. The SMILES string of the molecule is CCOC(=O)[C@H]1c2cc3c(cc2C[C@@H]2CCN(C)C(=O)[C@@H]21)OCO3. The van der Waals surface area contributed by atoms with Gasteiger partial charge in [0.25, 0.3) is 0 Å². The Hall–Kier alpha value is -2.24. The quantitative estimate of drug-likeness (QED) is 0.772. The third-order valence-electron chi connectivity index (χ3n) is 5.36. The van der Waals surface area contributed by atoms with E-state index in [1.807, 2.05) is 12.1 Å². The van der Waals surface area contributed by atoms with E-state index in [2.05, 4.69) is 0 Å². The van der Waals surface area contributed by atoms with Crippen LogP contribution in [0.5, 0.6) is 11.5 Å². The molecule has 0 unspecified atom stereocenters. The monoisotopic (exact) mass is 331 g/mol. The number of esters is 1. The highest BCUT2D eigenvalue weighted by Gasteiger charge is 2.49. The number of rotatable bonds is 2. The van der Waals surface area contributed by atoms with Crippen LogP contribution in [0.15, 0.2) is 12.1 Å². The summed E-state index contributed by atoms with van der Waals surface area (Å²) in [4.78, 5) is 27.2. The van der Waals surface area contributed by atoms with Crippen molar-refractivity contribution >= 4 is 11.9 Å². The molecule has 4 rings (SSSR count). The molecule has 0 saturated carbocycles. The predicted molar refractivity (Wildman–Crippen MR) is 84.9 cm³/mol. The predicted octanol–water partition coefficient (Wildman–Crippen LogP) is 1.71. The molecule has 1 aromatic carbocycles. The second-order valence-electron chi connectivity index (χ2n) is 6.67. The van der Waals surface area contributed by atoms with Crippen molar-refractivity contribution in [2.24, 2.45) is 11.8 Å². The zero-order valence-electron chi connectivity index (χ0n) is 13.9. The summed E-state index contributed by atoms with van der Waals surface area (Å²) in [5.41, 5.74) is 1.92. The van der Waals surface area contributed by atoms with Crippen molar-refractivity contribution in [3.05, 3.63) is 23.3 Å². The molecule has 6 heteroatoms. The molecule has 0 aromatic heterocycles. The van der Waals surface area contributed by atoms with Crippen molar-refractivity contribution in [1.82, 2.24) is 4.90 Å². The molecule has 2 heterocycles. The summed E-state index contributed by atoms with van der Waals surface area (Å²) in [6.07, 6.45) is 1.68. The molecule has 0 spiro atoms. The van der Waals surface area contributed by atoms with Crippen LogP contribution in [-0.2, 0) is 20.7 Å². The van der Waals surface area contributed by atoms with Crippen LogP contribution in [-0.4, -0.2) is 43.8 Å². The lowest BCUT2D eigenvalue weighted by molar-refractivity contribution is -0.155. The molecule has 128 valence electrons. The third kappa shape index (κ3) is 2.24. The van der Waals surface area contributed by atoms with Crippen LogP contribution in [0.1, 0.15) is 30.4 Å². The number of amides is 1. The lowest BCUT2D eigenvalue weighted by Crippen LogP contribution is -2.50. The van der Waals surface area contributed by atoms with E-state index in [1.165, 1.54) is 0 Å². The van der Waals surface area contributed by atoms with Crippen LogP contribution in [0.3, 0.4) is 0 Å². The number of hydrogen-bond donors (Lipinski definition) is 0. The van der Waals surface area contributed by atoms with Crippen LogP contribution in [0, 0.1) is 11.8 Å². The van der Waals surface area contributed by atoms with Crippen molar-refractivity contribution in [2.75, 3.05) is 27.0 Å². The molecule has 1 aliphatic carbocycles. The Bertz CT molecular complexity index is 701. The molecule has 2 aliphatic heterocycles. The average molecular weight is 331 g/mol. The third-order valence-corrected chi connectivity index (χ3v) is 5.36. The Morgan fingerprint density at radius 1 is 1.33 bits per heavy atom. The molecule has 0 N–H and O–H groups in total. The number of likely N-dealkylation sites (tertiary alicyclic amines) is 1. The van der Waals surface area contributed by atoms with Crippen molar-refractivity contribution in [3.63, 3.8) is 0 Å². The Morgan fingerprint density at radius 3 is 2.83 bits per heavy atom. The summed E-state index contributed by atoms with van der Waals surface area (Å²) in [6.45, 7) is 3.01. The highest BCUT2D eigenvalue weighted by atomic mass is 16.7. The largest absolute Gasteiger partial charge is 0.466 e. The Balaban J connectivity index is 1.82. The molecule has 1 fully saturated rings. The smallest absolute Gasteiger partial charge is 0.314 e. The Kier molecular flexibility index (Phi) is 3.62. The molecular weight excluding hydrogens is 310 g/mol. The summed E-state index contributed by atoms with van der Waals surface area (Å²) >= 11 is 0. The van der Waals surface area contributed by atoms with Gasteiger partial charge in [0.1, 0.15) is 0 Å². The van der Waals surface area contributed by atoms with Crippen LogP contribution < -0.4 is 9.47 Å². The number of ether oxygens (including phenoxy) is 3. The highest BCUT2D eigenvalue weighted by Crippen LogP contribution is 2.48. The van der Waals surface area contributed by atoms with Gasteiger partial charge in [-0.05, 0) is 48.9 Å². The maximum atomic E-state index is 12.8. The van der Waals surface area contributed by atoms with Gasteiger partial charge in [0.05, 0.1) is 18.4 Å². The van der Waals surface area contributed by atoms with Crippen LogP contribution in [0.4, 0.5) is 0 Å². The minimum absolute atomic E-state index is 0.0348. The van der Waals surface area contributed by atoms with Crippen LogP contribution >= 0.6 is 0 Å². The number of carbonyl (C=O) groups excluding carboxylic acids is 2. The van der Waals surface area contributed by atoms with E-state index in [1.54, 1.807) is 18.9 Å². The zero-order valence-corrected chi connectivity index (χ0v) is 13.9. The number of fused-ring (bicyclic) bond motifs is 3. The van der Waals surface area contributed by atoms with E-state index in [0.717, 1.165) is 30.5 Å². The van der Waals surface area contributed by atoms with Crippen LogP contribution in [0.25, 0.3) is 0 Å². The summed E-state index contributed by atoms with van der Waals surface area (Å²) in [5, 5.41) is 0. The van der Waals surface area contributed by atoms with Gasteiger partial charge in [0, 0.05) is 13.6 Å². The Morgan fingerprint density at radius 2 is 2.08 bits per heavy atom. The summed E-state index contributed by atoms with van der Waals surface area (Å²) in [5.74, 6) is 0.311. The van der Waals surface area contributed by atoms with Crippen molar-refractivity contribution in [1.29, 1.82) is 0 Å². The molecule has 0 bridgehead atoms. The molecule has 6 nitrogen and oxygen atoms in total. The molecule has 3 aliphatic rings. The number of piperidine rings is 1. The second-order valence-corrected chi connectivity index (χ2v) is 6.67. The minimum Gasteiger partial charge on any atom is -0.466 e. The van der Waals surface area contributed by atoms with Crippen molar-refractivity contribution in [3.8, 4) is 11.5 Å². The molecule has 24 heavy (non-hydrogen) atoms. The standard InChI is InChI=1S/C18H21NO5/c1-3-22-18(21)16-12-8-14-13(23-9-24-14)7-11(12)6-10-4-5-19(2)17(20)15(10)16/h7-8,10,15-16H,3-6,9H2,1-2H3/t10-,15-,16-/m0/s1.